The first-order chi connectivity index (χ1) is 9.61. The Balaban J connectivity index is 2.07. The van der Waals surface area contributed by atoms with Crippen LogP contribution in [0.5, 0.6) is 0 Å². The summed E-state index contributed by atoms with van der Waals surface area (Å²) < 4.78 is 1.08. The molecule has 1 amide bonds. The number of halogens is 1. The van der Waals surface area contributed by atoms with Crippen LogP contribution in [0.2, 0.25) is 0 Å². The Morgan fingerprint density at radius 2 is 1.95 bits per heavy atom. The normalized spacial score (nSPS) is 18.6. The summed E-state index contributed by atoms with van der Waals surface area (Å²) in [5, 5.41) is 0. The highest BCUT2D eigenvalue weighted by molar-refractivity contribution is 9.10. The van der Waals surface area contributed by atoms with Crippen molar-refractivity contribution in [2.75, 3.05) is 32.7 Å². The minimum Gasteiger partial charge on any atom is -0.342 e. The molecule has 0 spiro atoms. The van der Waals surface area contributed by atoms with E-state index in [9.17, 15) is 4.79 Å². The fourth-order valence-electron chi connectivity index (χ4n) is 2.74. The molecule has 0 bridgehead atoms. The molecule has 2 rings (SSSR count). The van der Waals surface area contributed by atoms with Crippen LogP contribution in [0.15, 0.2) is 28.7 Å². The summed E-state index contributed by atoms with van der Waals surface area (Å²) in [6.45, 7) is 5.76. The van der Waals surface area contributed by atoms with Crippen molar-refractivity contribution in [1.82, 2.24) is 9.80 Å². The number of hydrogen-bond donors (Lipinski definition) is 1. The molecular weight excluding hydrogens is 318 g/mol. The topological polar surface area (TPSA) is 49.6 Å². The summed E-state index contributed by atoms with van der Waals surface area (Å²) in [4.78, 5) is 15.8. The van der Waals surface area contributed by atoms with Crippen molar-refractivity contribution < 1.29 is 4.79 Å². The second-order valence-corrected chi connectivity index (χ2v) is 6.11. The minimum atomic E-state index is 0.166. The third-order valence-corrected chi connectivity index (χ3v) is 4.42. The number of rotatable bonds is 3. The van der Waals surface area contributed by atoms with E-state index in [2.05, 4.69) is 45.1 Å². The van der Waals surface area contributed by atoms with Crippen LogP contribution in [-0.4, -0.2) is 48.4 Å². The Hall–Kier alpha value is -0.910. The van der Waals surface area contributed by atoms with E-state index in [0.29, 0.717) is 6.54 Å². The minimum absolute atomic E-state index is 0.166. The van der Waals surface area contributed by atoms with Crippen molar-refractivity contribution in [3.8, 4) is 0 Å². The first kappa shape index (κ1) is 15.5. The van der Waals surface area contributed by atoms with Crippen molar-refractivity contribution >= 4 is 21.8 Å². The van der Waals surface area contributed by atoms with Gasteiger partial charge in [0.15, 0.2) is 0 Å². The Kier molecular flexibility index (Phi) is 5.57. The monoisotopic (exact) mass is 339 g/mol. The summed E-state index contributed by atoms with van der Waals surface area (Å²) in [7, 11) is 0. The molecule has 0 aromatic heterocycles. The standard InChI is InChI=1S/C15H22BrN3O/c1-12(20)18-7-2-8-19(10-9-18)15(11-17)13-3-5-14(16)6-4-13/h3-6,15H,2,7-11,17H2,1H3. The molecule has 1 aliphatic rings. The number of carbonyl (C=O) groups excluding carboxylic acids is 1. The number of benzene rings is 1. The van der Waals surface area contributed by atoms with Gasteiger partial charge in [-0.2, -0.15) is 0 Å². The molecular formula is C15H22BrN3O. The van der Waals surface area contributed by atoms with Gasteiger partial charge in [-0.3, -0.25) is 9.69 Å². The van der Waals surface area contributed by atoms with Crippen LogP contribution in [0, 0.1) is 0 Å². The molecule has 1 saturated heterocycles. The van der Waals surface area contributed by atoms with Crippen LogP contribution in [0.1, 0.15) is 24.9 Å². The van der Waals surface area contributed by atoms with Gasteiger partial charge in [-0.1, -0.05) is 28.1 Å². The summed E-state index contributed by atoms with van der Waals surface area (Å²) in [6.07, 6.45) is 1.01. The van der Waals surface area contributed by atoms with E-state index in [0.717, 1.165) is 37.1 Å². The summed E-state index contributed by atoms with van der Waals surface area (Å²) in [5.74, 6) is 0.166. The molecule has 1 aromatic rings. The second kappa shape index (κ2) is 7.20. The maximum Gasteiger partial charge on any atom is 0.219 e. The van der Waals surface area contributed by atoms with E-state index in [4.69, 9.17) is 5.73 Å². The predicted molar refractivity (Wildman–Crippen MR) is 84.4 cm³/mol. The Morgan fingerprint density at radius 3 is 2.55 bits per heavy atom. The summed E-state index contributed by atoms with van der Waals surface area (Å²) in [5.41, 5.74) is 7.23. The lowest BCUT2D eigenvalue weighted by molar-refractivity contribution is -0.128. The highest BCUT2D eigenvalue weighted by atomic mass is 79.9. The summed E-state index contributed by atoms with van der Waals surface area (Å²) >= 11 is 3.46. The molecule has 2 N–H and O–H groups in total. The summed E-state index contributed by atoms with van der Waals surface area (Å²) in [6, 6.07) is 8.58. The van der Waals surface area contributed by atoms with Gasteiger partial charge in [-0.15, -0.1) is 0 Å². The average Bonchev–Trinajstić information content (AvgIpc) is 2.68. The van der Waals surface area contributed by atoms with Gasteiger partial charge in [0.1, 0.15) is 0 Å². The maximum absolute atomic E-state index is 11.5. The number of amides is 1. The van der Waals surface area contributed by atoms with Gasteiger partial charge >= 0.3 is 0 Å². The van der Waals surface area contributed by atoms with Crippen LogP contribution in [0.4, 0.5) is 0 Å². The van der Waals surface area contributed by atoms with Crippen LogP contribution < -0.4 is 5.73 Å². The number of carbonyl (C=O) groups is 1. The van der Waals surface area contributed by atoms with Crippen LogP contribution in [0.3, 0.4) is 0 Å². The van der Waals surface area contributed by atoms with Crippen LogP contribution in [0.25, 0.3) is 0 Å². The molecule has 1 unspecified atom stereocenters. The molecule has 4 nitrogen and oxygen atoms in total. The molecule has 5 heteroatoms. The van der Waals surface area contributed by atoms with E-state index in [1.807, 2.05) is 4.90 Å². The smallest absolute Gasteiger partial charge is 0.219 e. The van der Waals surface area contributed by atoms with Crippen molar-refractivity contribution in [3.63, 3.8) is 0 Å². The molecule has 1 aliphatic heterocycles. The molecule has 20 heavy (non-hydrogen) atoms. The van der Waals surface area contributed by atoms with Crippen molar-refractivity contribution in [1.29, 1.82) is 0 Å². The van der Waals surface area contributed by atoms with E-state index < -0.39 is 0 Å². The quantitative estimate of drug-likeness (QED) is 0.916. The van der Waals surface area contributed by atoms with Gasteiger partial charge in [-0.25, -0.2) is 0 Å². The molecule has 0 aliphatic carbocycles. The van der Waals surface area contributed by atoms with Gasteiger partial charge in [-0.05, 0) is 24.1 Å². The number of nitrogens with zero attached hydrogens (tertiary/aromatic N) is 2. The first-order valence-electron chi connectivity index (χ1n) is 7.07. The third-order valence-electron chi connectivity index (χ3n) is 3.89. The van der Waals surface area contributed by atoms with E-state index in [-0.39, 0.29) is 11.9 Å². The average molecular weight is 340 g/mol. The van der Waals surface area contributed by atoms with Gasteiger partial charge in [0, 0.05) is 50.2 Å². The molecule has 1 fully saturated rings. The fraction of sp³-hybridized carbons (Fsp3) is 0.533. The van der Waals surface area contributed by atoms with Gasteiger partial charge < -0.3 is 10.6 Å². The van der Waals surface area contributed by atoms with Crippen molar-refractivity contribution in [2.45, 2.75) is 19.4 Å². The van der Waals surface area contributed by atoms with Crippen molar-refractivity contribution in [2.24, 2.45) is 5.73 Å². The van der Waals surface area contributed by atoms with Crippen molar-refractivity contribution in [3.05, 3.63) is 34.3 Å². The highest BCUT2D eigenvalue weighted by Crippen LogP contribution is 2.23. The SMILES string of the molecule is CC(=O)N1CCCN(C(CN)c2ccc(Br)cc2)CC1. The zero-order valence-corrected chi connectivity index (χ0v) is 13.5. The highest BCUT2D eigenvalue weighted by Gasteiger charge is 2.23. The van der Waals surface area contributed by atoms with Gasteiger partial charge in [0.25, 0.3) is 0 Å². The van der Waals surface area contributed by atoms with Gasteiger partial charge in [0.05, 0.1) is 0 Å². The lowest BCUT2D eigenvalue weighted by Crippen LogP contribution is -2.37. The molecule has 0 radical (unpaired) electrons. The predicted octanol–water partition coefficient (Wildman–Crippen LogP) is 2.00. The molecule has 1 aromatic carbocycles. The van der Waals surface area contributed by atoms with E-state index in [1.165, 1.54) is 5.56 Å². The molecule has 0 saturated carbocycles. The van der Waals surface area contributed by atoms with E-state index >= 15 is 0 Å². The first-order valence-corrected chi connectivity index (χ1v) is 7.86. The van der Waals surface area contributed by atoms with E-state index in [1.54, 1.807) is 6.92 Å². The number of nitrogens with two attached hydrogens (primary N) is 1. The number of hydrogen-bond acceptors (Lipinski definition) is 3. The Morgan fingerprint density at radius 1 is 1.25 bits per heavy atom. The molecule has 1 heterocycles. The second-order valence-electron chi connectivity index (χ2n) is 5.20. The third kappa shape index (κ3) is 3.81. The largest absolute Gasteiger partial charge is 0.342 e. The molecule has 1 atom stereocenters. The maximum atomic E-state index is 11.5. The van der Waals surface area contributed by atoms with Gasteiger partial charge in [0.2, 0.25) is 5.91 Å². The Bertz CT molecular complexity index is 449. The van der Waals surface area contributed by atoms with Crippen LogP contribution in [-0.2, 0) is 4.79 Å². The molecule has 110 valence electrons. The zero-order valence-electron chi connectivity index (χ0n) is 11.9. The Labute approximate surface area is 129 Å². The fourth-order valence-corrected chi connectivity index (χ4v) is 3.01. The lowest BCUT2D eigenvalue weighted by atomic mass is 10.1. The zero-order chi connectivity index (χ0) is 14.5. The lowest BCUT2D eigenvalue weighted by Gasteiger charge is -2.30. The van der Waals surface area contributed by atoms with Crippen LogP contribution >= 0.6 is 15.9 Å².